The maximum Gasteiger partial charge on any atom is 0.411 e. The molecule has 1 aliphatic rings. The Morgan fingerprint density at radius 3 is 2.45 bits per heavy atom. The lowest BCUT2D eigenvalue weighted by atomic mass is 9.76. The third-order valence-corrected chi connectivity index (χ3v) is 5.28. The van der Waals surface area contributed by atoms with Gasteiger partial charge in [-0.15, -0.1) is 0 Å². The van der Waals surface area contributed by atoms with Crippen molar-refractivity contribution in [2.75, 3.05) is 25.0 Å². The summed E-state index contributed by atoms with van der Waals surface area (Å²) in [5, 5.41) is 11.9. The molecule has 0 bridgehead atoms. The van der Waals surface area contributed by atoms with Crippen LogP contribution in [-0.2, 0) is 4.74 Å². The van der Waals surface area contributed by atoms with Crippen molar-refractivity contribution in [1.82, 2.24) is 4.90 Å². The Kier molecular flexibility index (Phi) is 6.69. The summed E-state index contributed by atoms with van der Waals surface area (Å²) in [6.45, 7) is 2.96. The lowest BCUT2D eigenvalue weighted by Gasteiger charge is -2.35. The van der Waals surface area contributed by atoms with Crippen molar-refractivity contribution in [3.8, 4) is 0 Å². The molecule has 1 atom stereocenters. The van der Waals surface area contributed by atoms with Gasteiger partial charge in [0.2, 0.25) is 0 Å². The fourth-order valence-electron chi connectivity index (χ4n) is 3.92. The van der Waals surface area contributed by atoms with E-state index in [4.69, 9.17) is 4.74 Å². The van der Waals surface area contributed by atoms with Gasteiger partial charge in [0.25, 0.3) is 0 Å². The van der Waals surface area contributed by atoms with Crippen LogP contribution in [0.1, 0.15) is 36.8 Å². The largest absolute Gasteiger partial charge is 0.465 e. The number of carboxylic acid groups (broad SMARTS) is 1. The molecule has 0 saturated carbocycles. The zero-order valence-electron chi connectivity index (χ0n) is 16.3. The van der Waals surface area contributed by atoms with E-state index in [2.05, 4.69) is 5.32 Å². The van der Waals surface area contributed by atoms with Crippen LogP contribution in [0.25, 0.3) is 0 Å². The quantitative estimate of drug-likeness (QED) is 0.747. The summed E-state index contributed by atoms with van der Waals surface area (Å²) in [6, 6.07) is 14.0. The summed E-state index contributed by atoms with van der Waals surface area (Å²) >= 11 is 0. The van der Waals surface area contributed by atoms with Crippen molar-refractivity contribution in [3.05, 3.63) is 65.5 Å². The first-order chi connectivity index (χ1) is 14.0. The van der Waals surface area contributed by atoms with Crippen molar-refractivity contribution in [3.63, 3.8) is 0 Å². The summed E-state index contributed by atoms with van der Waals surface area (Å²) in [6.07, 6.45) is -0.00444. The van der Waals surface area contributed by atoms with E-state index in [0.29, 0.717) is 38.2 Å². The topological polar surface area (TPSA) is 78.9 Å². The van der Waals surface area contributed by atoms with Gasteiger partial charge < -0.3 is 14.7 Å². The number of halogens is 1. The molecular weight excluding hydrogens is 375 g/mol. The van der Waals surface area contributed by atoms with Crippen LogP contribution in [0.2, 0.25) is 0 Å². The number of hydrogen-bond acceptors (Lipinski definition) is 3. The van der Waals surface area contributed by atoms with Gasteiger partial charge in [-0.1, -0.05) is 24.3 Å². The first kappa shape index (κ1) is 20.6. The molecule has 0 radical (unpaired) electrons. The van der Waals surface area contributed by atoms with Crippen LogP contribution in [0.4, 0.5) is 19.7 Å². The number of benzene rings is 2. The van der Waals surface area contributed by atoms with Crippen molar-refractivity contribution >= 4 is 17.9 Å². The number of nitrogens with zero attached hydrogens (tertiary/aromatic N) is 1. The molecule has 29 heavy (non-hydrogen) atoms. The number of hydrogen-bond donors (Lipinski definition) is 2. The van der Waals surface area contributed by atoms with Gasteiger partial charge in [0.1, 0.15) is 5.82 Å². The molecule has 2 aromatic rings. The monoisotopic (exact) mass is 400 g/mol. The molecule has 3 rings (SSSR count). The Bertz CT molecular complexity index is 848. The Balaban J connectivity index is 1.84. The highest BCUT2D eigenvalue weighted by atomic mass is 19.1. The van der Waals surface area contributed by atoms with E-state index in [-0.39, 0.29) is 17.7 Å². The fourth-order valence-corrected chi connectivity index (χ4v) is 3.92. The zero-order chi connectivity index (χ0) is 20.8. The van der Waals surface area contributed by atoms with Gasteiger partial charge in [0, 0.05) is 24.7 Å². The van der Waals surface area contributed by atoms with E-state index in [9.17, 15) is 19.1 Å². The second-order valence-corrected chi connectivity index (χ2v) is 7.11. The van der Waals surface area contributed by atoms with E-state index in [1.54, 1.807) is 31.2 Å². The fraction of sp³-hybridized carbons (Fsp3) is 0.364. The number of rotatable bonds is 5. The highest BCUT2D eigenvalue weighted by Crippen LogP contribution is 2.38. The molecular formula is C22H25FN2O4. The van der Waals surface area contributed by atoms with E-state index < -0.39 is 12.2 Å². The maximum atomic E-state index is 13.9. The predicted molar refractivity (Wildman–Crippen MR) is 108 cm³/mol. The van der Waals surface area contributed by atoms with Crippen molar-refractivity contribution in [1.29, 1.82) is 0 Å². The molecule has 0 aliphatic carbocycles. The average Bonchev–Trinajstić information content (AvgIpc) is 2.70. The van der Waals surface area contributed by atoms with Crippen LogP contribution in [0.3, 0.4) is 0 Å². The molecule has 2 aromatic carbocycles. The van der Waals surface area contributed by atoms with E-state index in [1.807, 2.05) is 18.2 Å². The number of amides is 2. The van der Waals surface area contributed by atoms with Crippen LogP contribution >= 0.6 is 0 Å². The smallest absolute Gasteiger partial charge is 0.411 e. The van der Waals surface area contributed by atoms with Crippen molar-refractivity contribution in [2.45, 2.75) is 25.7 Å². The number of ether oxygens (including phenoxy) is 1. The second-order valence-electron chi connectivity index (χ2n) is 7.11. The number of piperidine rings is 1. The number of likely N-dealkylation sites (tertiary alicyclic amines) is 1. The lowest BCUT2D eigenvalue weighted by molar-refractivity contribution is 0.122. The normalized spacial score (nSPS) is 15.6. The summed E-state index contributed by atoms with van der Waals surface area (Å²) in [5.74, 6) is -0.161. The summed E-state index contributed by atoms with van der Waals surface area (Å²) in [5.41, 5.74) is 2.48. The van der Waals surface area contributed by atoms with Crippen LogP contribution in [0, 0.1) is 11.7 Å². The predicted octanol–water partition coefficient (Wildman–Crippen LogP) is 4.92. The number of anilines is 1. The van der Waals surface area contributed by atoms with Crippen LogP contribution in [0.5, 0.6) is 0 Å². The van der Waals surface area contributed by atoms with Gasteiger partial charge >= 0.3 is 12.2 Å². The van der Waals surface area contributed by atoms with Gasteiger partial charge in [-0.25, -0.2) is 14.0 Å². The Hall–Kier alpha value is -3.09. The molecule has 7 heteroatoms. The highest BCUT2D eigenvalue weighted by Gasteiger charge is 2.30. The van der Waals surface area contributed by atoms with E-state index in [1.165, 1.54) is 11.0 Å². The molecule has 154 valence electrons. The lowest BCUT2D eigenvalue weighted by Crippen LogP contribution is -2.39. The molecule has 0 spiro atoms. The minimum absolute atomic E-state index is 0.0571. The van der Waals surface area contributed by atoms with Gasteiger partial charge in [-0.05, 0) is 61.1 Å². The molecule has 1 heterocycles. The minimum atomic E-state index is -0.903. The SMILES string of the molecule is CCOC(=O)Nc1ccc(C(c2cccc(F)c2)C2CCN(C(=O)O)CC2)cc1. The summed E-state index contributed by atoms with van der Waals surface area (Å²) in [4.78, 5) is 24.2. The Labute approximate surface area is 169 Å². The average molecular weight is 400 g/mol. The van der Waals surface area contributed by atoms with Gasteiger partial charge in [-0.2, -0.15) is 0 Å². The maximum absolute atomic E-state index is 13.9. The molecule has 2 N–H and O–H groups in total. The zero-order valence-corrected chi connectivity index (χ0v) is 16.3. The number of nitrogens with one attached hydrogen (secondary N) is 1. The van der Waals surface area contributed by atoms with Crippen molar-refractivity contribution < 1.29 is 23.8 Å². The number of carbonyl (C=O) groups excluding carboxylic acids is 1. The molecule has 6 nitrogen and oxygen atoms in total. The molecule has 2 amide bonds. The molecule has 0 aromatic heterocycles. The van der Waals surface area contributed by atoms with Crippen LogP contribution in [-0.4, -0.2) is 41.9 Å². The van der Waals surface area contributed by atoms with Crippen molar-refractivity contribution in [2.24, 2.45) is 5.92 Å². The van der Waals surface area contributed by atoms with Gasteiger partial charge in [0.05, 0.1) is 6.61 Å². The first-order valence-corrected chi connectivity index (χ1v) is 9.75. The van der Waals surface area contributed by atoms with Crippen LogP contribution < -0.4 is 5.32 Å². The summed E-state index contributed by atoms with van der Waals surface area (Å²) < 4.78 is 18.8. The third-order valence-electron chi connectivity index (χ3n) is 5.28. The first-order valence-electron chi connectivity index (χ1n) is 9.75. The van der Waals surface area contributed by atoms with Crippen LogP contribution in [0.15, 0.2) is 48.5 Å². The highest BCUT2D eigenvalue weighted by molar-refractivity contribution is 5.84. The van der Waals surface area contributed by atoms with Gasteiger partial charge in [0.15, 0.2) is 0 Å². The second kappa shape index (κ2) is 9.41. The molecule has 1 fully saturated rings. The minimum Gasteiger partial charge on any atom is -0.465 e. The number of carbonyl (C=O) groups is 2. The Morgan fingerprint density at radius 1 is 1.17 bits per heavy atom. The van der Waals surface area contributed by atoms with Gasteiger partial charge in [-0.3, -0.25) is 5.32 Å². The standard InChI is InChI=1S/C22H25FN2O4/c1-2-29-21(26)24-19-8-6-15(7-9-19)20(17-4-3-5-18(23)14-17)16-10-12-25(13-11-16)22(27)28/h3-9,14,16,20H,2,10-13H2,1H3,(H,24,26)(H,27,28). The Morgan fingerprint density at radius 2 is 1.86 bits per heavy atom. The van der Waals surface area contributed by atoms with E-state index in [0.717, 1.165) is 11.1 Å². The molecule has 1 aliphatic heterocycles. The third kappa shape index (κ3) is 5.25. The van der Waals surface area contributed by atoms with E-state index >= 15 is 0 Å². The molecule has 1 saturated heterocycles. The summed E-state index contributed by atoms with van der Waals surface area (Å²) in [7, 11) is 0. The molecule has 1 unspecified atom stereocenters.